The highest BCUT2D eigenvalue weighted by Gasteiger charge is 2.38. The zero-order valence-electron chi connectivity index (χ0n) is 14.3. The first-order chi connectivity index (χ1) is 11.3. The SMILES string of the molecule is CCn1nc(C)c2c1C(=O)Nc1ccccc1N2C(=O)C(C)(C)N. The van der Waals surface area contributed by atoms with Crippen LogP contribution >= 0.6 is 0 Å². The maximum absolute atomic E-state index is 13.1. The summed E-state index contributed by atoms with van der Waals surface area (Å²) in [4.78, 5) is 27.3. The van der Waals surface area contributed by atoms with E-state index >= 15 is 0 Å². The van der Waals surface area contributed by atoms with Gasteiger partial charge in [0.25, 0.3) is 11.8 Å². The number of aryl methyl sites for hydroxylation is 2. The molecule has 1 aliphatic heterocycles. The fourth-order valence-electron chi connectivity index (χ4n) is 2.87. The van der Waals surface area contributed by atoms with Crippen LogP contribution in [0.1, 0.15) is 37.0 Å². The summed E-state index contributed by atoms with van der Waals surface area (Å²) in [6.45, 7) is 7.51. The van der Waals surface area contributed by atoms with Gasteiger partial charge in [-0.1, -0.05) is 12.1 Å². The van der Waals surface area contributed by atoms with Crippen molar-refractivity contribution in [2.45, 2.75) is 39.8 Å². The number of aromatic nitrogens is 2. The molecule has 3 rings (SSSR count). The largest absolute Gasteiger partial charge is 0.319 e. The molecule has 0 fully saturated rings. The van der Waals surface area contributed by atoms with Crippen LogP contribution in [0.3, 0.4) is 0 Å². The summed E-state index contributed by atoms with van der Waals surface area (Å²) < 4.78 is 1.61. The Kier molecular flexibility index (Phi) is 3.68. The lowest BCUT2D eigenvalue weighted by atomic mass is 10.0. The number of nitrogens with zero attached hydrogens (tertiary/aromatic N) is 3. The summed E-state index contributed by atoms with van der Waals surface area (Å²) in [6.07, 6.45) is 0. The van der Waals surface area contributed by atoms with Gasteiger partial charge in [-0.25, -0.2) is 0 Å². The number of anilines is 3. The van der Waals surface area contributed by atoms with Gasteiger partial charge in [0.05, 0.1) is 22.6 Å². The van der Waals surface area contributed by atoms with Gasteiger partial charge in [-0.3, -0.25) is 19.2 Å². The van der Waals surface area contributed by atoms with Gasteiger partial charge in [0.1, 0.15) is 5.69 Å². The number of carbonyl (C=O) groups excluding carboxylic acids is 2. The summed E-state index contributed by atoms with van der Waals surface area (Å²) in [5.74, 6) is -0.587. The van der Waals surface area contributed by atoms with Gasteiger partial charge in [0, 0.05) is 6.54 Å². The molecule has 2 amide bonds. The van der Waals surface area contributed by atoms with Crippen molar-refractivity contribution in [3.8, 4) is 0 Å². The van der Waals surface area contributed by atoms with Gasteiger partial charge in [0.15, 0.2) is 5.69 Å². The van der Waals surface area contributed by atoms with E-state index in [9.17, 15) is 9.59 Å². The normalized spacial score (nSPS) is 13.9. The standard InChI is InChI=1S/C17H21N5O2/c1-5-21-14-13(10(2)20-21)22(16(24)17(3,4)18)12-9-7-6-8-11(12)19-15(14)23/h6-9H,5,18H2,1-4H3,(H,19,23). The third-order valence-electron chi connectivity index (χ3n) is 3.98. The molecule has 7 heteroatoms. The first-order valence-corrected chi connectivity index (χ1v) is 7.87. The second-order valence-electron chi connectivity index (χ2n) is 6.43. The van der Waals surface area contributed by atoms with E-state index in [4.69, 9.17) is 5.73 Å². The van der Waals surface area contributed by atoms with Gasteiger partial charge in [-0.15, -0.1) is 0 Å². The molecule has 1 aromatic heterocycles. The lowest BCUT2D eigenvalue weighted by molar-refractivity contribution is -0.121. The third-order valence-corrected chi connectivity index (χ3v) is 3.98. The Hall–Kier alpha value is -2.67. The Bertz CT molecular complexity index is 832. The van der Waals surface area contributed by atoms with E-state index in [0.717, 1.165) is 0 Å². The van der Waals surface area contributed by atoms with Crippen molar-refractivity contribution < 1.29 is 9.59 Å². The monoisotopic (exact) mass is 327 g/mol. The molecule has 0 bridgehead atoms. The topological polar surface area (TPSA) is 93.2 Å². The number of nitrogens with one attached hydrogen (secondary N) is 1. The summed E-state index contributed by atoms with van der Waals surface area (Å²) in [5.41, 5.74) is 7.60. The Balaban J connectivity index is 2.35. The zero-order valence-corrected chi connectivity index (χ0v) is 14.3. The molecule has 3 N–H and O–H groups in total. The molecule has 2 heterocycles. The molecule has 1 aromatic carbocycles. The van der Waals surface area contributed by atoms with Crippen LogP contribution in [0, 0.1) is 6.92 Å². The fraction of sp³-hybridized carbons (Fsp3) is 0.353. The van der Waals surface area contributed by atoms with Crippen molar-refractivity contribution in [1.82, 2.24) is 9.78 Å². The second-order valence-corrected chi connectivity index (χ2v) is 6.43. The van der Waals surface area contributed by atoms with Crippen molar-refractivity contribution in [3.63, 3.8) is 0 Å². The van der Waals surface area contributed by atoms with E-state index < -0.39 is 5.54 Å². The van der Waals surface area contributed by atoms with Crippen LogP contribution in [0.15, 0.2) is 24.3 Å². The minimum Gasteiger partial charge on any atom is -0.319 e. The van der Waals surface area contributed by atoms with E-state index in [1.807, 2.05) is 19.1 Å². The fourth-order valence-corrected chi connectivity index (χ4v) is 2.87. The van der Waals surface area contributed by atoms with Gasteiger partial charge in [-0.2, -0.15) is 5.10 Å². The minimum absolute atomic E-state index is 0.287. The third kappa shape index (κ3) is 2.37. The molecule has 0 aliphatic carbocycles. The van der Waals surface area contributed by atoms with Gasteiger partial charge < -0.3 is 11.1 Å². The van der Waals surface area contributed by atoms with Crippen molar-refractivity contribution in [3.05, 3.63) is 35.7 Å². The summed E-state index contributed by atoms with van der Waals surface area (Å²) in [5, 5.41) is 7.28. The Morgan fingerprint density at radius 2 is 2.00 bits per heavy atom. The molecule has 0 saturated heterocycles. The Morgan fingerprint density at radius 3 is 2.62 bits per heavy atom. The first kappa shape index (κ1) is 16.2. The van der Waals surface area contributed by atoms with Crippen LogP contribution < -0.4 is 16.0 Å². The average Bonchev–Trinajstić information content (AvgIpc) is 2.78. The number of hydrogen-bond acceptors (Lipinski definition) is 4. The van der Waals surface area contributed by atoms with Crippen molar-refractivity contribution in [1.29, 1.82) is 0 Å². The molecule has 24 heavy (non-hydrogen) atoms. The highest BCUT2D eigenvalue weighted by molar-refractivity contribution is 6.18. The molecule has 126 valence electrons. The number of para-hydroxylation sites is 2. The molecule has 0 unspecified atom stereocenters. The summed E-state index contributed by atoms with van der Waals surface area (Å²) in [7, 11) is 0. The van der Waals surface area contributed by atoms with Gasteiger partial charge in [-0.05, 0) is 39.8 Å². The van der Waals surface area contributed by atoms with Crippen LogP contribution in [0.5, 0.6) is 0 Å². The van der Waals surface area contributed by atoms with E-state index in [1.165, 1.54) is 4.90 Å². The number of hydrogen-bond donors (Lipinski definition) is 2. The van der Waals surface area contributed by atoms with Crippen molar-refractivity contribution >= 4 is 28.9 Å². The van der Waals surface area contributed by atoms with Crippen LogP contribution in [0.2, 0.25) is 0 Å². The molecule has 7 nitrogen and oxygen atoms in total. The Labute approximate surface area is 140 Å². The molecule has 0 spiro atoms. The van der Waals surface area contributed by atoms with Crippen molar-refractivity contribution in [2.24, 2.45) is 5.73 Å². The number of benzene rings is 1. The van der Waals surface area contributed by atoms with E-state index in [1.54, 1.807) is 37.6 Å². The van der Waals surface area contributed by atoms with E-state index in [2.05, 4.69) is 10.4 Å². The average molecular weight is 327 g/mol. The smallest absolute Gasteiger partial charge is 0.276 e. The summed E-state index contributed by atoms with van der Waals surface area (Å²) in [6, 6.07) is 7.18. The van der Waals surface area contributed by atoms with Crippen LogP contribution in [-0.2, 0) is 11.3 Å². The maximum atomic E-state index is 13.1. The quantitative estimate of drug-likeness (QED) is 0.884. The summed E-state index contributed by atoms with van der Waals surface area (Å²) >= 11 is 0. The molecular weight excluding hydrogens is 306 g/mol. The number of nitrogens with two attached hydrogens (primary N) is 1. The van der Waals surface area contributed by atoms with Crippen molar-refractivity contribution in [2.75, 3.05) is 10.2 Å². The van der Waals surface area contributed by atoms with Crippen LogP contribution in [-0.4, -0.2) is 27.1 Å². The highest BCUT2D eigenvalue weighted by Crippen LogP contribution is 2.40. The molecule has 2 aromatic rings. The molecule has 0 radical (unpaired) electrons. The Morgan fingerprint density at radius 1 is 1.33 bits per heavy atom. The predicted molar refractivity (Wildman–Crippen MR) is 92.4 cm³/mol. The van der Waals surface area contributed by atoms with Crippen LogP contribution in [0.4, 0.5) is 17.1 Å². The van der Waals surface area contributed by atoms with Gasteiger partial charge >= 0.3 is 0 Å². The van der Waals surface area contributed by atoms with E-state index in [-0.39, 0.29) is 11.8 Å². The lowest BCUT2D eigenvalue weighted by Gasteiger charge is -2.29. The van der Waals surface area contributed by atoms with Gasteiger partial charge in [0.2, 0.25) is 0 Å². The molecule has 0 saturated carbocycles. The second kappa shape index (κ2) is 5.45. The number of amides is 2. The van der Waals surface area contributed by atoms with E-state index in [0.29, 0.717) is 35.0 Å². The maximum Gasteiger partial charge on any atom is 0.276 e. The molecular formula is C17H21N5O2. The highest BCUT2D eigenvalue weighted by atomic mass is 16.2. The lowest BCUT2D eigenvalue weighted by Crippen LogP contribution is -2.49. The number of fused-ring (bicyclic) bond motifs is 2. The first-order valence-electron chi connectivity index (χ1n) is 7.87. The number of rotatable bonds is 2. The zero-order chi connectivity index (χ0) is 17.6. The molecule has 0 atom stereocenters. The number of carbonyl (C=O) groups is 2. The molecule has 1 aliphatic rings. The van der Waals surface area contributed by atoms with Crippen LogP contribution in [0.25, 0.3) is 0 Å². The minimum atomic E-state index is -1.10. The predicted octanol–water partition coefficient (Wildman–Crippen LogP) is 2.18.